The predicted molar refractivity (Wildman–Crippen MR) is 64.2 cm³/mol. The zero-order chi connectivity index (χ0) is 12.9. The molecule has 100 valence electrons. The van der Waals surface area contributed by atoms with Crippen LogP contribution in [0.25, 0.3) is 0 Å². The van der Waals surface area contributed by atoms with Gasteiger partial charge in [0.2, 0.25) is 10.0 Å². The Morgan fingerprint density at radius 1 is 1.41 bits per heavy atom. The Labute approximate surface area is 102 Å². The van der Waals surface area contributed by atoms with Crippen molar-refractivity contribution in [1.29, 1.82) is 0 Å². The molecule has 2 amide bonds. The summed E-state index contributed by atoms with van der Waals surface area (Å²) in [6, 6.07) is -0.652. The Hall–Kier alpha value is -0.820. The third kappa shape index (κ3) is 5.88. The van der Waals surface area contributed by atoms with E-state index in [0.717, 1.165) is 25.9 Å². The second kappa shape index (κ2) is 5.68. The number of sulfonamides is 1. The molecule has 1 heterocycles. The molecule has 0 aromatic carbocycles. The van der Waals surface area contributed by atoms with Crippen molar-refractivity contribution in [2.45, 2.75) is 38.7 Å². The predicted octanol–water partition coefficient (Wildman–Crippen LogP) is 0.594. The highest BCUT2D eigenvalue weighted by molar-refractivity contribution is 7.90. The summed E-state index contributed by atoms with van der Waals surface area (Å²) in [5, 5.41) is 2.51. The highest BCUT2D eigenvalue weighted by Gasteiger charge is 2.37. The summed E-state index contributed by atoms with van der Waals surface area (Å²) in [5.74, 6) is -0.101. The number of carbonyl (C=O) groups is 1. The van der Waals surface area contributed by atoms with E-state index in [1.807, 2.05) is 4.72 Å². The van der Waals surface area contributed by atoms with Gasteiger partial charge in [-0.05, 0) is 33.1 Å². The molecule has 1 aliphatic rings. The van der Waals surface area contributed by atoms with Gasteiger partial charge in [-0.2, -0.15) is 0 Å². The first-order chi connectivity index (χ1) is 7.87. The summed E-state index contributed by atoms with van der Waals surface area (Å²) in [5.41, 5.74) is 0.0494. The lowest BCUT2D eigenvalue weighted by Crippen LogP contribution is -2.40. The molecule has 1 fully saturated rings. The van der Waals surface area contributed by atoms with Crippen LogP contribution in [0.3, 0.4) is 0 Å². The van der Waals surface area contributed by atoms with Gasteiger partial charge in [0.05, 0.1) is 18.0 Å². The molecule has 2 N–H and O–H groups in total. The van der Waals surface area contributed by atoms with Gasteiger partial charge in [0, 0.05) is 6.54 Å². The molecule has 0 aromatic heterocycles. The Kier molecular flexibility index (Phi) is 4.76. The van der Waals surface area contributed by atoms with Crippen molar-refractivity contribution in [2.75, 3.05) is 18.9 Å². The number of hydrogen-bond donors (Lipinski definition) is 2. The number of rotatable bonds is 7. The fourth-order valence-electron chi connectivity index (χ4n) is 1.34. The van der Waals surface area contributed by atoms with Crippen LogP contribution in [0.4, 0.5) is 4.79 Å². The molecule has 0 aromatic rings. The maximum absolute atomic E-state index is 11.2. The van der Waals surface area contributed by atoms with E-state index >= 15 is 0 Å². The molecule has 1 aliphatic heterocycles. The maximum Gasteiger partial charge on any atom is 0.328 e. The molecule has 1 saturated heterocycles. The second-order valence-corrected chi connectivity index (χ2v) is 6.47. The van der Waals surface area contributed by atoms with E-state index in [4.69, 9.17) is 4.74 Å². The Morgan fingerprint density at radius 2 is 2.06 bits per heavy atom. The number of hydrogen-bond acceptors (Lipinski definition) is 4. The van der Waals surface area contributed by atoms with Gasteiger partial charge in [-0.1, -0.05) is 0 Å². The number of nitrogens with one attached hydrogen (secondary N) is 2. The smallest absolute Gasteiger partial charge is 0.328 e. The molecule has 0 bridgehead atoms. The average Bonchev–Trinajstić information content (AvgIpc) is 2.95. The molecule has 6 nitrogen and oxygen atoms in total. The number of urea groups is 1. The van der Waals surface area contributed by atoms with Gasteiger partial charge >= 0.3 is 6.03 Å². The molecule has 0 radical (unpaired) electrons. The minimum atomic E-state index is -3.46. The highest BCUT2D eigenvalue weighted by atomic mass is 32.2. The van der Waals surface area contributed by atoms with E-state index in [1.165, 1.54) is 6.92 Å². The molecule has 0 aliphatic carbocycles. The van der Waals surface area contributed by atoms with Gasteiger partial charge in [-0.3, -0.25) is 0 Å². The summed E-state index contributed by atoms with van der Waals surface area (Å²) in [6.07, 6.45) is 2.75. The van der Waals surface area contributed by atoms with Crippen molar-refractivity contribution in [1.82, 2.24) is 10.0 Å². The fourth-order valence-corrected chi connectivity index (χ4v) is 1.84. The molecule has 0 spiro atoms. The molecule has 1 unspecified atom stereocenters. The molecular formula is C10H20N2O4S. The molecule has 1 rings (SSSR count). The van der Waals surface area contributed by atoms with Gasteiger partial charge in [-0.15, -0.1) is 0 Å². The van der Waals surface area contributed by atoms with Gasteiger partial charge in [0.25, 0.3) is 0 Å². The molecule has 17 heavy (non-hydrogen) atoms. The molecular weight excluding hydrogens is 244 g/mol. The fraction of sp³-hybridized carbons (Fsp3) is 0.900. The molecule has 0 saturated carbocycles. The first-order valence-corrected chi connectivity index (χ1v) is 7.44. The van der Waals surface area contributed by atoms with Crippen molar-refractivity contribution < 1.29 is 17.9 Å². The van der Waals surface area contributed by atoms with Crippen LogP contribution in [0.15, 0.2) is 0 Å². The van der Waals surface area contributed by atoms with E-state index in [1.54, 1.807) is 0 Å². The van der Waals surface area contributed by atoms with Gasteiger partial charge < -0.3 is 10.1 Å². The normalized spacial score (nSPS) is 23.2. The van der Waals surface area contributed by atoms with E-state index in [9.17, 15) is 13.2 Å². The van der Waals surface area contributed by atoms with E-state index in [0.29, 0.717) is 6.54 Å². The van der Waals surface area contributed by atoms with Crippen LogP contribution in [0, 0.1) is 0 Å². The SMILES string of the molecule is CCS(=O)(=O)NC(=O)NCCCCC1(C)CO1. The van der Waals surface area contributed by atoms with Crippen LogP contribution in [0.2, 0.25) is 0 Å². The monoisotopic (exact) mass is 264 g/mol. The van der Waals surface area contributed by atoms with Crippen molar-refractivity contribution in [3.8, 4) is 0 Å². The van der Waals surface area contributed by atoms with E-state index in [2.05, 4.69) is 12.2 Å². The lowest BCUT2D eigenvalue weighted by molar-refractivity contribution is 0.245. The first kappa shape index (κ1) is 14.2. The summed E-state index contributed by atoms with van der Waals surface area (Å²) in [6.45, 7) is 4.82. The lowest BCUT2D eigenvalue weighted by atomic mass is 10.1. The second-order valence-electron chi connectivity index (χ2n) is 4.46. The van der Waals surface area contributed by atoms with Crippen molar-refractivity contribution in [2.24, 2.45) is 0 Å². The third-order valence-corrected chi connectivity index (χ3v) is 3.94. The van der Waals surface area contributed by atoms with Crippen molar-refractivity contribution in [3.05, 3.63) is 0 Å². The van der Waals surface area contributed by atoms with Gasteiger partial charge in [-0.25, -0.2) is 17.9 Å². The molecule has 7 heteroatoms. The number of carbonyl (C=O) groups excluding carboxylic acids is 1. The minimum Gasteiger partial charge on any atom is -0.370 e. The van der Waals surface area contributed by atoms with Crippen LogP contribution in [-0.2, 0) is 14.8 Å². The lowest BCUT2D eigenvalue weighted by Gasteiger charge is -2.07. The maximum atomic E-state index is 11.2. The number of unbranched alkanes of at least 4 members (excludes halogenated alkanes) is 1. The molecule has 1 atom stereocenters. The zero-order valence-corrected chi connectivity index (χ0v) is 11.1. The topological polar surface area (TPSA) is 87.8 Å². The number of epoxide rings is 1. The summed E-state index contributed by atoms with van der Waals surface area (Å²) in [7, 11) is -3.46. The van der Waals surface area contributed by atoms with Crippen molar-refractivity contribution in [3.63, 3.8) is 0 Å². The van der Waals surface area contributed by atoms with Crippen molar-refractivity contribution >= 4 is 16.1 Å². The number of ether oxygens (including phenoxy) is 1. The zero-order valence-electron chi connectivity index (χ0n) is 10.3. The average molecular weight is 264 g/mol. The summed E-state index contributed by atoms with van der Waals surface area (Å²) < 4.78 is 29.2. The largest absolute Gasteiger partial charge is 0.370 e. The van der Waals surface area contributed by atoms with E-state index in [-0.39, 0.29) is 11.4 Å². The quantitative estimate of drug-likeness (QED) is 0.520. The summed E-state index contributed by atoms with van der Waals surface area (Å²) >= 11 is 0. The van der Waals surface area contributed by atoms with Crippen LogP contribution >= 0.6 is 0 Å². The highest BCUT2D eigenvalue weighted by Crippen LogP contribution is 2.31. The Bertz CT molecular complexity index is 363. The van der Waals surface area contributed by atoms with Crippen LogP contribution in [-0.4, -0.2) is 39.0 Å². The summed E-state index contributed by atoms with van der Waals surface area (Å²) in [4.78, 5) is 11.2. The third-order valence-electron chi connectivity index (χ3n) is 2.68. The Morgan fingerprint density at radius 3 is 2.59 bits per heavy atom. The first-order valence-electron chi connectivity index (χ1n) is 5.79. The van der Waals surface area contributed by atoms with Crippen LogP contribution in [0.1, 0.15) is 33.1 Å². The van der Waals surface area contributed by atoms with Gasteiger partial charge in [0.15, 0.2) is 0 Å². The van der Waals surface area contributed by atoms with Crippen LogP contribution < -0.4 is 10.0 Å². The van der Waals surface area contributed by atoms with Gasteiger partial charge in [0.1, 0.15) is 0 Å². The minimum absolute atomic E-state index is 0.0494. The standard InChI is InChI=1S/C10H20N2O4S/c1-3-17(14,15)12-9(13)11-7-5-4-6-10(2)8-16-10/h3-8H2,1-2H3,(H2,11,12,13). The van der Waals surface area contributed by atoms with Crippen LogP contribution in [0.5, 0.6) is 0 Å². The Balaban J connectivity index is 2.04. The van der Waals surface area contributed by atoms with E-state index < -0.39 is 16.1 Å². The number of amides is 2.